The maximum absolute atomic E-state index is 12.7. The molecule has 0 spiro atoms. The van der Waals surface area contributed by atoms with Crippen LogP contribution in [0.4, 0.5) is 13.2 Å². The maximum atomic E-state index is 12.7. The molecule has 0 saturated heterocycles. The van der Waals surface area contributed by atoms with E-state index < -0.39 is 11.7 Å². The lowest BCUT2D eigenvalue weighted by Crippen LogP contribution is -2.25. The standard InChI is InChI=1S/C18H17BrF3NO3/c1-25-15-7-12(14(19)9-16(15)26-2)8-17(24)23-10-11-4-3-5-13(6-11)18(20,21)22/h3-7,9H,8,10H2,1-2H3,(H,23,24). The number of carbonyl (C=O) groups excluding carboxylic acids is 1. The highest BCUT2D eigenvalue weighted by Gasteiger charge is 2.30. The third-order valence-corrected chi connectivity index (χ3v) is 4.39. The van der Waals surface area contributed by atoms with E-state index in [9.17, 15) is 18.0 Å². The van der Waals surface area contributed by atoms with Gasteiger partial charge in [-0.05, 0) is 35.4 Å². The lowest BCUT2D eigenvalue weighted by Gasteiger charge is -2.12. The van der Waals surface area contributed by atoms with E-state index in [-0.39, 0.29) is 18.9 Å². The van der Waals surface area contributed by atoms with Crippen LogP contribution in [-0.2, 0) is 23.9 Å². The molecule has 2 aromatic carbocycles. The Morgan fingerprint density at radius 1 is 1.12 bits per heavy atom. The largest absolute Gasteiger partial charge is 0.493 e. The maximum Gasteiger partial charge on any atom is 0.416 e. The molecule has 26 heavy (non-hydrogen) atoms. The predicted molar refractivity (Wildman–Crippen MR) is 94.2 cm³/mol. The van der Waals surface area contributed by atoms with Crippen molar-refractivity contribution >= 4 is 21.8 Å². The van der Waals surface area contributed by atoms with Crippen molar-refractivity contribution in [2.75, 3.05) is 14.2 Å². The lowest BCUT2D eigenvalue weighted by molar-refractivity contribution is -0.137. The summed E-state index contributed by atoms with van der Waals surface area (Å²) in [4.78, 5) is 12.1. The normalized spacial score (nSPS) is 11.2. The Hall–Kier alpha value is -2.22. The molecule has 1 amide bonds. The van der Waals surface area contributed by atoms with Gasteiger partial charge >= 0.3 is 6.18 Å². The summed E-state index contributed by atoms with van der Waals surface area (Å²) in [5.41, 5.74) is 0.302. The Kier molecular flexibility index (Phi) is 6.52. The zero-order valence-electron chi connectivity index (χ0n) is 14.1. The van der Waals surface area contributed by atoms with Gasteiger partial charge in [-0.25, -0.2) is 0 Å². The van der Waals surface area contributed by atoms with E-state index >= 15 is 0 Å². The number of benzene rings is 2. The fraction of sp³-hybridized carbons (Fsp3) is 0.278. The summed E-state index contributed by atoms with van der Waals surface area (Å²) in [5.74, 6) is 0.680. The number of rotatable bonds is 6. The first-order valence-corrected chi connectivity index (χ1v) is 8.37. The second-order valence-corrected chi connectivity index (χ2v) is 6.30. The first kappa shape index (κ1) is 20.1. The van der Waals surface area contributed by atoms with E-state index in [0.717, 1.165) is 12.1 Å². The van der Waals surface area contributed by atoms with Crippen LogP contribution in [0.25, 0.3) is 0 Å². The van der Waals surface area contributed by atoms with E-state index in [1.807, 2.05) is 0 Å². The Morgan fingerprint density at radius 3 is 2.38 bits per heavy atom. The molecule has 0 bridgehead atoms. The third kappa shape index (κ3) is 5.14. The van der Waals surface area contributed by atoms with Gasteiger partial charge < -0.3 is 14.8 Å². The number of amides is 1. The Bertz CT molecular complexity index is 794. The van der Waals surface area contributed by atoms with Crippen molar-refractivity contribution in [3.8, 4) is 11.5 Å². The molecule has 0 aliphatic heterocycles. The van der Waals surface area contributed by atoms with Crippen LogP contribution in [0.3, 0.4) is 0 Å². The number of ether oxygens (including phenoxy) is 2. The topological polar surface area (TPSA) is 47.6 Å². The molecule has 0 unspecified atom stereocenters. The minimum absolute atomic E-state index is 0.00760. The van der Waals surface area contributed by atoms with Gasteiger partial charge in [0.25, 0.3) is 0 Å². The molecule has 0 aromatic heterocycles. The Balaban J connectivity index is 2.04. The average Bonchev–Trinajstić information content (AvgIpc) is 2.60. The molecular weight excluding hydrogens is 415 g/mol. The summed E-state index contributed by atoms with van der Waals surface area (Å²) in [6, 6.07) is 8.22. The molecular formula is C18H17BrF3NO3. The van der Waals surface area contributed by atoms with Crippen LogP contribution in [0.1, 0.15) is 16.7 Å². The zero-order valence-corrected chi connectivity index (χ0v) is 15.7. The number of hydrogen-bond acceptors (Lipinski definition) is 3. The summed E-state index contributed by atoms with van der Waals surface area (Å²) < 4.78 is 49.2. The van der Waals surface area contributed by atoms with Crippen molar-refractivity contribution in [1.82, 2.24) is 5.32 Å². The molecule has 140 valence electrons. The summed E-state index contributed by atoms with van der Waals surface area (Å²) >= 11 is 3.37. The fourth-order valence-corrected chi connectivity index (χ4v) is 2.79. The van der Waals surface area contributed by atoms with Crippen LogP contribution < -0.4 is 14.8 Å². The van der Waals surface area contributed by atoms with Gasteiger partial charge in [-0.2, -0.15) is 13.2 Å². The number of halogens is 4. The SMILES string of the molecule is COc1cc(Br)c(CC(=O)NCc2cccc(C(F)(F)F)c2)cc1OC. The van der Waals surface area contributed by atoms with Crippen LogP contribution in [-0.4, -0.2) is 20.1 Å². The van der Waals surface area contributed by atoms with Crippen molar-refractivity contribution in [1.29, 1.82) is 0 Å². The minimum Gasteiger partial charge on any atom is -0.493 e. The molecule has 2 aromatic rings. The van der Waals surface area contributed by atoms with Crippen LogP contribution in [0.15, 0.2) is 40.9 Å². The van der Waals surface area contributed by atoms with Crippen LogP contribution in [0.5, 0.6) is 11.5 Å². The fourth-order valence-electron chi connectivity index (χ4n) is 2.33. The molecule has 0 radical (unpaired) electrons. The number of carbonyl (C=O) groups is 1. The highest BCUT2D eigenvalue weighted by Crippen LogP contribution is 2.33. The Labute approximate surface area is 157 Å². The second kappa shape index (κ2) is 8.44. The molecule has 0 heterocycles. The zero-order chi connectivity index (χ0) is 19.3. The number of methoxy groups -OCH3 is 2. The molecule has 4 nitrogen and oxygen atoms in total. The average molecular weight is 432 g/mol. The monoisotopic (exact) mass is 431 g/mol. The van der Waals surface area contributed by atoms with Crippen molar-refractivity contribution in [2.24, 2.45) is 0 Å². The smallest absolute Gasteiger partial charge is 0.416 e. The highest BCUT2D eigenvalue weighted by atomic mass is 79.9. The van der Waals surface area contributed by atoms with Gasteiger partial charge in [-0.1, -0.05) is 28.1 Å². The summed E-state index contributed by atoms with van der Waals surface area (Å²) in [6.07, 6.45) is -4.37. The van der Waals surface area contributed by atoms with Crippen molar-refractivity contribution in [3.63, 3.8) is 0 Å². The lowest BCUT2D eigenvalue weighted by atomic mass is 10.1. The van der Waals surface area contributed by atoms with E-state index in [4.69, 9.17) is 9.47 Å². The quantitative estimate of drug-likeness (QED) is 0.739. The molecule has 2 rings (SSSR count). The van der Waals surface area contributed by atoms with E-state index in [1.54, 1.807) is 12.1 Å². The van der Waals surface area contributed by atoms with E-state index in [1.165, 1.54) is 26.4 Å². The number of nitrogens with one attached hydrogen (secondary N) is 1. The molecule has 0 saturated carbocycles. The summed E-state index contributed by atoms with van der Waals surface area (Å²) in [5, 5.41) is 2.62. The highest BCUT2D eigenvalue weighted by molar-refractivity contribution is 9.10. The minimum atomic E-state index is -4.41. The molecule has 8 heteroatoms. The predicted octanol–water partition coefficient (Wildman–Crippen LogP) is 4.34. The van der Waals surface area contributed by atoms with Crippen LogP contribution >= 0.6 is 15.9 Å². The molecule has 1 N–H and O–H groups in total. The van der Waals surface area contributed by atoms with Gasteiger partial charge in [-0.15, -0.1) is 0 Å². The summed E-state index contributed by atoms with van der Waals surface area (Å²) in [7, 11) is 3.00. The first-order valence-electron chi connectivity index (χ1n) is 7.58. The second-order valence-electron chi connectivity index (χ2n) is 5.45. The van der Waals surface area contributed by atoms with Gasteiger partial charge in [-0.3, -0.25) is 4.79 Å². The molecule has 0 aliphatic carbocycles. The number of hydrogen-bond donors (Lipinski definition) is 1. The van der Waals surface area contributed by atoms with Crippen molar-refractivity contribution in [2.45, 2.75) is 19.1 Å². The molecule has 0 fully saturated rings. The molecule has 0 aliphatic rings. The van der Waals surface area contributed by atoms with Gasteiger partial charge in [0.2, 0.25) is 5.91 Å². The van der Waals surface area contributed by atoms with Gasteiger partial charge in [0.1, 0.15) is 0 Å². The Morgan fingerprint density at radius 2 is 1.77 bits per heavy atom. The summed E-state index contributed by atoms with van der Waals surface area (Å²) in [6.45, 7) is 0.00760. The van der Waals surface area contributed by atoms with Gasteiger partial charge in [0.15, 0.2) is 11.5 Å². The van der Waals surface area contributed by atoms with E-state index in [2.05, 4.69) is 21.2 Å². The van der Waals surface area contributed by atoms with Gasteiger partial charge in [0, 0.05) is 11.0 Å². The van der Waals surface area contributed by atoms with Crippen LogP contribution in [0, 0.1) is 0 Å². The van der Waals surface area contributed by atoms with E-state index in [0.29, 0.717) is 27.1 Å². The molecule has 0 atom stereocenters. The third-order valence-electron chi connectivity index (χ3n) is 3.65. The van der Waals surface area contributed by atoms with Crippen molar-refractivity contribution in [3.05, 3.63) is 57.6 Å². The van der Waals surface area contributed by atoms with Crippen LogP contribution in [0.2, 0.25) is 0 Å². The number of alkyl halides is 3. The first-order chi connectivity index (χ1) is 12.2. The van der Waals surface area contributed by atoms with Gasteiger partial charge in [0.05, 0.1) is 26.2 Å². The van der Waals surface area contributed by atoms with Crippen molar-refractivity contribution < 1.29 is 27.4 Å².